The highest BCUT2D eigenvalue weighted by molar-refractivity contribution is 7.89. The van der Waals surface area contributed by atoms with E-state index in [0.29, 0.717) is 5.92 Å². The molecule has 1 aliphatic rings. The number of carbonyl (C=O) groups excluding carboxylic acids is 1. The molecule has 2 rings (SSSR count). The molecule has 0 spiro atoms. The molecule has 2 nitrogen and oxygen atoms in total. The van der Waals surface area contributed by atoms with E-state index < -0.39 is 5.97 Å². The Bertz CT molecular complexity index is 467. The van der Waals surface area contributed by atoms with E-state index in [1.807, 2.05) is 0 Å². The Kier molecular flexibility index (Phi) is 22.2. The molecule has 0 atom stereocenters. The van der Waals surface area contributed by atoms with Crippen LogP contribution in [0.3, 0.4) is 0 Å². The molecule has 0 radical (unpaired) electrons. The number of carbonyl (C=O) groups is 1. The van der Waals surface area contributed by atoms with Crippen LogP contribution in [0.2, 0.25) is 0 Å². The molecule has 0 unspecified atom stereocenters. The van der Waals surface area contributed by atoms with Gasteiger partial charge in [0.05, 0.1) is 5.92 Å². The minimum atomic E-state index is -0.405. The fourth-order valence-electron chi connectivity index (χ4n) is 3.30. The minimum absolute atomic E-state index is 0. The molecular formula is C18H25F6O2S-5. The molecular weight excluding hydrogens is 394 g/mol. The van der Waals surface area contributed by atoms with Crippen LogP contribution < -0.4 is 23.5 Å². The zero-order valence-corrected chi connectivity index (χ0v) is 15.9. The topological polar surface area (TPSA) is 26.3 Å². The van der Waals surface area contributed by atoms with Crippen LogP contribution in [0.25, 0.3) is 0 Å². The Morgan fingerprint density at radius 2 is 1.56 bits per heavy atom. The number of hydrogen-bond donors (Lipinski definition) is 0. The van der Waals surface area contributed by atoms with Crippen molar-refractivity contribution < 1.29 is 36.4 Å². The quantitative estimate of drug-likeness (QED) is 0.250. The Labute approximate surface area is 161 Å². The second-order valence-corrected chi connectivity index (χ2v) is 6.51. The van der Waals surface area contributed by atoms with Crippen LogP contribution in [-0.2, 0) is 15.4 Å². The van der Waals surface area contributed by atoms with Gasteiger partial charge in [-0.3, -0.25) is 4.79 Å². The van der Waals surface area contributed by atoms with Crippen LogP contribution in [0, 0.1) is 5.92 Å². The van der Waals surface area contributed by atoms with Crippen LogP contribution in [0.4, 0.5) is 3.89 Å². The third-order valence-electron chi connectivity index (χ3n) is 4.69. The van der Waals surface area contributed by atoms with Gasteiger partial charge >= 0.3 is 5.97 Å². The monoisotopic (exact) mass is 419 g/mol. The first-order valence-electron chi connectivity index (χ1n) is 8.32. The predicted octanol–water partition coefficient (Wildman–Crippen LogP) is -9.21. The summed E-state index contributed by atoms with van der Waals surface area (Å²) in [6.45, 7) is 2.22. The highest BCUT2D eigenvalue weighted by atomic mass is 32.2. The number of unbranched alkanes of at least 4 members (excludes halogenated alkanes) is 2. The van der Waals surface area contributed by atoms with E-state index in [1.54, 1.807) is 0 Å². The van der Waals surface area contributed by atoms with E-state index in [1.165, 1.54) is 30.4 Å². The highest BCUT2D eigenvalue weighted by Gasteiger charge is 2.28. The summed E-state index contributed by atoms with van der Waals surface area (Å²) in [5, 5.41) is 0. The Balaban J connectivity index is -0.000000529. The molecule has 0 amide bonds. The predicted molar refractivity (Wildman–Crippen MR) is 89.2 cm³/mol. The summed E-state index contributed by atoms with van der Waals surface area (Å²) in [6.07, 6.45) is 8.51. The van der Waals surface area contributed by atoms with Gasteiger partial charge in [-0.2, -0.15) is 0 Å². The third-order valence-corrected chi connectivity index (χ3v) is 4.92. The van der Waals surface area contributed by atoms with E-state index in [9.17, 15) is 8.68 Å². The molecule has 162 valence electrons. The number of rotatable bonds is 7. The molecule has 0 aliphatic heterocycles. The molecule has 9 heteroatoms. The summed E-state index contributed by atoms with van der Waals surface area (Å²) in [6, 6.07) is 8.96. The lowest BCUT2D eigenvalue weighted by Gasteiger charge is -2.27. The smallest absolute Gasteiger partial charge is 0.323 e. The fourth-order valence-corrected chi connectivity index (χ4v) is 3.50. The van der Waals surface area contributed by atoms with Crippen molar-refractivity contribution in [1.29, 1.82) is 0 Å². The average molecular weight is 419 g/mol. The first-order valence-corrected chi connectivity index (χ1v) is 8.96. The summed E-state index contributed by atoms with van der Waals surface area (Å²) < 4.78 is 16.4. The first-order chi connectivity index (χ1) is 10.7. The van der Waals surface area contributed by atoms with Gasteiger partial charge < -0.3 is 27.7 Å². The van der Waals surface area contributed by atoms with Gasteiger partial charge in [-0.15, -0.1) is 3.89 Å². The summed E-state index contributed by atoms with van der Waals surface area (Å²) in [5.74, 6) is -0.0168. The van der Waals surface area contributed by atoms with Crippen molar-refractivity contribution in [3.8, 4) is 0 Å². The maximum absolute atomic E-state index is 12.0. The van der Waals surface area contributed by atoms with Crippen molar-refractivity contribution >= 4 is 18.4 Å². The first kappa shape index (κ1) is 33.2. The Morgan fingerprint density at radius 1 is 1.00 bits per heavy atom. The molecule has 1 aromatic carbocycles. The van der Waals surface area contributed by atoms with E-state index in [4.69, 9.17) is 0 Å². The van der Waals surface area contributed by atoms with E-state index in [-0.39, 0.29) is 41.9 Å². The van der Waals surface area contributed by atoms with Crippen LogP contribution in [0.1, 0.15) is 68.9 Å². The second-order valence-electron chi connectivity index (χ2n) is 6.21. The number of hydrogen-bond acceptors (Lipinski definition) is 3. The van der Waals surface area contributed by atoms with Crippen LogP contribution >= 0.6 is 12.4 Å². The van der Waals surface area contributed by atoms with Crippen LogP contribution in [0.5, 0.6) is 0 Å². The van der Waals surface area contributed by atoms with Gasteiger partial charge in [0.2, 0.25) is 0 Å². The molecule has 27 heavy (non-hydrogen) atoms. The zero-order valence-electron chi connectivity index (χ0n) is 15.1. The van der Waals surface area contributed by atoms with Crippen molar-refractivity contribution in [2.24, 2.45) is 5.92 Å². The molecule has 1 aliphatic carbocycles. The maximum Gasteiger partial charge on any atom is 0.323 e. The normalized spacial score (nSPS) is 17.6. The van der Waals surface area contributed by atoms with Crippen molar-refractivity contribution in [2.75, 3.05) is 0 Å². The van der Waals surface area contributed by atoms with E-state index >= 15 is 0 Å². The average Bonchev–Trinajstić information content (AvgIpc) is 2.56. The summed E-state index contributed by atoms with van der Waals surface area (Å²) >= 11 is -0.339. The highest BCUT2D eigenvalue weighted by Crippen LogP contribution is 2.36. The number of aryl methyl sites for hydroxylation is 1. The molecule has 0 aromatic heterocycles. The maximum atomic E-state index is 12.0. The van der Waals surface area contributed by atoms with Gasteiger partial charge in [-0.25, -0.2) is 0 Å². The molecule has 0 heterocycles. The molecule has 1 aromatic rings. The number of benzene rings is 1. The molecule has 1 fully saturated rings. The molecule has 0 N–H and O–H groups in total. The summed E-state index contributed by atoms with van der Waals surface area (Å²) in [5.41, 5.74) is 2.78. The lowest BCUT2D eigenvalue weighted by atomic mass is 9.78. The molecule has 1 saturated carbocycles. The second kappa shape index (κ2) is 18.0. The van der Waals surface area contributed by atoms with Gasteiger partial charge in [0.1, 0.15) is 0 Å². The third kappa shape index (κ3) is 10.5. The van der Waals surface area contributed by atoms with Gasteiger partial charge in [-0.1, -0.05) is 44.0 Å². The van der Waals surface area contributed by atoms with Crippen LogP contribution in [0.15, 0.2) is 24.3 Å². The Hall–Kier alpha value is -1.38. The fraction of sp³-hybridized carbons (Fsp3) is 0.611. The van der Waals surface area contributed by atoms with Gasteiger partial charge in [0.25, 0.3) is 12.4 Å². The van der Waals surface area contributed by atoms with Gasteiger partial charge in [-0.05, 0) is 55.6 Å². The SMILES string of the molecule is CCCCCc1ccc(C2CCC(C(=O)OSF)CC2)cc1.[F-].[F-].[F-].[F-].[F-]. The summed E-state index contributed by atoms with van der Waals surface area (Å²) in [4.78, 5) is 11.5. The van der Waals surface area contributed by atoms with E-state index in [0.717, 1.165) is 32.1 Å². The lowest BCUT2D eigenvalue weighted by molar-refractivity contribution is -0.138. The standard InChI is InChI=1S/C18H25FO2S.5FH/c1-2-3-4-5-14-6-8-15(9-7-14)16-10-12-17(13-11-16)18(20)21-22-19;;;;;/h6-9,16-17H,2-5,10-13H2,1H3;5*1H/p-5. The summed E-state index contributed by atoms with van der Waals surface area (Å²) in [7, 11) is 0. The van der Waals surface area contributed by atoms with Gasteiger partial charge in [0, 0.05) is 0 Å². The zero-order chi connectivity index (χ0) is 15.8. The van der Waals surface area contributed by atoms with E-state index in [2.05, 4.69) is 35.4 Å². The lowest BCUT2D eigenvalue weighted by Crippen LogP contribution is -3.00. The van der Waals surface area contributed by atoms with Crippen molar-refractivity contribution in [3.63, 3.8) is 0 Å². The van der Waals surface area contributed by atoms with Crippen molar-refractivity contribution in [2.45, 2.75) is 64.2 Å². The van der Waals surface area contributed by atoms with Crippen molar-refractivity contribution in [1.82, 2.24) is 0 Å². The number of halogens is 6. The van der Waals surface area contributed by atoms with Crippen LogP contribution in [-0.4, -0.2) is 5.97 Å². The van der Waals surface area contributed by atoms with Gasteiger partial charge in [0.15, 0.2) is 0 Å². The molecule has 0 bridgehead atoms. The minimum Gasteiger partial charge on any atom is -1.00 e. The van der Waals surface area contributed by atoms with Crippen molar-refractivity contribution in [3.05, 3.63) is 35.4 Å². The largest absolute Gasteiger partial charge is 1.00 e. The molecule has 0 saturated heterocycles. The Morgan fingerprint density at radius 3 is 2.04 bits per heavy atom.